The highest BCUT2D eigenvalue weighted by Crippen LogP contribution is 2.23. The first kappa shape index (κ1) is 20.6. The lowest BCUT2D eigenvalue weighted by Gasteiger charge is -2.26. The number of hydrogen-bond donors (Lipinski definition) is 2. The highest BCUT2D eigenvalue weighted by atomic mass is 32.1. The Morgan fingerprint density at radius 1 is 1.07 bits per heavy atom. The first-order chi connectivity index (χ1) is 14.8. The molecule has 0 amide bonds. The molecule has 0 spiro atoms. The summed E-state index contributed by atoms with van der Waals surface area (Å²) in [6.45, 7) is 4.80. The number of rotatable bonds is 7. The Morgan fingerprint density at radius 3 is 2.57 bits per heavy atom. The van der Waals surface area contributed by atoms with Crippen molar-refractivity contribution in [1.82, 2.24) is 20.5 Å². The zero-order valence-electron chi connectivity index (χ0n) is 17.4. The molecule has 3 aromatic rings. The second-order valence-corrected chi connectivity index (χ2v) is 8.50. The van der Waals surface area contributed by atoms with Crippen molar-refractivity contribution >= 4 is 17.3 Å². The van der Waals surface area contributed by atoms with Gasteiger partial charge in [-0.3, -0.25) is 9.89 Å². The van der Waals surface area contributed by atoms with Gasteiger partial charge >= 0.3 is 0 Å². The van der Waals surface area contributed by atoms with Crippen molar-refractivity contribution in [3.63, 3.8) is 0 Å². The largest absolute Gasteiger partial charge is 0.443 e. The molecule has 7 heteroatoms. The minimum atomic E-state index is 0.559. The van der Waals surface area contributed by atoms with Crippen molar-refractivity contribution < 1.29 is 4.42 Å². The average molecular weight is 424 g/mol. The summed E-state index contributed by atoms with van der Waals surface area (Å²) in [6, 6.07) is 12.9. The molecule has 1 aromatic carbocycles. The average Bonchev–Trinajstić information content (AvgIpc) is 3.48. The standard InChI is InChI=1S/C23H29N5OS/c1-24-23(26-15-20-17-29-22(27-20)21-6-5-13-30-21)25-14-18-7-9-19(10-8-18)16-28-11-3-2-4-12-28/h5-10,13,17H,2-4,11-12,14-16H2,1H3,(H2,24,25,26). The van der Waals surface area contributed by atoms with Crippen molar-refractivity contribution in [3.05, 3.63) is 64.9 Å². The van der Waals surface area contributed by atoms with E-state index in [2.05, 4.69) is 49.8 Å². The van der Waals surface area contributed by atoms with E-state index in [0.29, 0.717) is 12.4 Å². The van der Waals surface area contributed by atoms with E-state index < -0.39 is 0 Å². The summed E-state index contributed by atoms with van der Waals surface area (Å²) in [7, 11) is 1.77. The highest BCUT2D eigenvalue weighted by molar-refractivity contribution is 7.13. The minimum Gasteiger partial charge on any atom is -0.443 e. The Morgan fingerprint density at radius 2 is 1.83 bits per heavy atom. The van der Waals surface area contributed by atoms with E-state index in [1.807, 2.05) is 17.5 Å². The van der Waals surface area contributed by atoms with Crippen LogP contribution in [0.5, 0.6) is 0 Å². The van der Waals surface area contributed by atoms with Gasteiger partial charge in [0.1, 0.15) is 6.26 Å². The molecule has 1 saturated heterocycles. The second-order valence-electron chi connectivity index (χ2n) is 7.55. The van der Waals surface area contributed by atoms with Crippen LogP contribution in [0.2, 0.25) is 0 Å². The van der Waals surface area contributed by atoms with Gasteiger partial charge in [0, 0.05) is 20.1 Å². The zero-order chi connectivity index (χ0) is 20.6. The van der Waals surface area contributed by atoms with Crippen LogP contribution >= 0.6 is 11.3 Å². The van der Waals surface area contributed by atoms with Crippen LogP contribution in [0, 0.1) is 0 Å². The molecule has 1 aliphatic heterocycles. The molecule has 0 saturated carbocycles. The third-order valence-corrected chi connectivity index (χ3v) is 6.14. The molecule has 2 N–H and O–H groups in total. The molecular formula is C23H29N5OS. The number of guanidine groups is 1. The van der Waals surface area contributed by atoms with E-state index in [0.717, 1.165) is 29.6 Å². The number of oxazole rings is 1. The molecule has 3 heterocycles. The number of nitrogens with zero attached hydrogens (tertiary/aromatic N) is 3. The van der Waals surface area contributed by atoms with Gasteiger partial charge in [-0.15, -0.1) is 11.3 Å². The molecule has 1 aliphatic rings. The zero-order valence-corrected chi connectivity index (χ0v) is 18.3. The Bertz CT molecular complexity index is 927. The molecule has 0 radical (unpaired) electrons. The molecule has 4 rings (SSSR count). The molecule has 0 unspecified atom stereocenters. The SMILES string of the molecule is CN=C(NCc1ccc(CN2CCCCC2)cc1)NCc1coc(-c2cccs2)n1. The lowest BCUT2D eigenvalue weighted by molar-refractivity contribution is 0.221. The van der Waals surface area contributed by atoms with E-state index in [1.54, 1.807) is 24.6 Å². The molecular weight excluding hydrogens is 394 g/mol. The third-order valence-electron chi connectivity index (χ3n) is 5.28. The molecule has 6 nitrogen and oxygen atoms in total. The van der Waals surface area contributed by atoms with Gasteiger partial charge in [0.15, 0.2) is 5.96 Å². The fourth-order valence-electron chi connectivity index (χ4n) is 3.62. The predicted molar refractivity (Wildman–Crippen MR) is 122 cm³/mol. The van der Waals surface area contributed by atoms with Crippen molar-refractivity contribution in [1.29, 1.82) is 0 Å². The monoisotopic (exact) mass is 423 g/mol. The predicted octanol–water partition coefficient (Wildman–Crippen LogP) is 4.25. The normalized spacial score (nSPS) is 15.3. The number of likely N-dealkylation sites (tertiary alicyclic amines) is 1. The maximum absolute atomic E-state index is 5.57. The Balaban J connectivity index is 1.23. The number of aromatic nitrogens is 1. The topological polar surface area (TPSA) is 65.7 Å². The minimum absolute atomic E-state index is 0.559. The lowest BCUT2D eigenvalue weighted by Crippen LogP contribution is -2.36. The van der Waals surface area contributed by atoms with Crippen LogP contribution in [0.4, 0.5) is 0 Å². The van der Waals surface area contributed by atoms with Crippen LogP contribution in [-0.4, -0.2) is 36.0 Å². The maximum atomic E-state index is 5.57. The summed E-state index contributed by atoms with van der Waals surface area (Å²) in [4.78, 5) is 12.4. The van der Waals surface area contributed by atoms with Gasteiger partial charge < -0.3 is 15.1 Å². The van der Waals surface area contributed by atoms with Gasteiger partial charge in [-0.2, -0.15) is 0 Å². The van der Waals surface area contributed by atoms with E-state index >= 15 is 0 Å². The van der Waals surface area contributed by atoms with Crippen LogP contribution in [0.1, 0.15) is 36.1 Å². The van der Waals surface area contributed by atoms with Crippen molar-refractivity contribution in [2.45, 2.75) is 38.9 Å². The smallest absolute Gasteiger partial charge is 0.236 e. The van der Waals surface area contributed by atoms with Gasteiger partial charge in [0.05, 0.1) is 17.1 Å². The van der Waals surface area contributed by atoms with Crippen LogP contribution < -0.4 is 10.6 Å². The quantitative estimate of drug-likeness (QED) is 0.439. The van der Waals surface area contributed by atoms with Gasteiger partial charge in [-0.25, -0.2) is 4.98 Å². The number of piperidine rings is 1. The van der Waals surface area contributed by atoms with Crippen molar-refractivity contribution in [2.24, 2.45) is 4.99 Å². The van der Waals surface area contributed by atoms with Crippen LogP contribution in [0.3, 0.4) is 0 Å². The third kappa shape index (κ3) is 5.70. The van der Waals surface area contributed by atoms with E-state index in [4.69, 9.17) is 4.42 Å². The first-order valence-corrected chi connectivity index (χ1v) is 11.4. The highest BCUT2D eigenvalue weighted by Gasteiger charge is 2.10. The van der Waals surface area contributed by atoms with Crippen LogP contribution in [0.25, 0.3) is 10.8 Å². The number of benzene rings is 1. The summed E-state index contributed by atoms with van der Waals surface area (Å²) in [5, 5.41) is 8.67. The summed E-state index contributed by atoms with van der Waals surface area (Å²) >= 11 is 1.62. The Kier molecular flexibility index (Phi) is 7.16. The summed E-state index contributed by atoms with van der Waals surface area (Å²) < 4.78 is 5.57. The fraction of sp³-hybridized carbons (Fsp3) is 0.391. The van der Waals surface area contributed by atoms with Crippen LogP contribution in [-0.2, 0) is 19.6 Å². The van der Waals surface area contributed by atoms with Crippen molar-refractivity contribution in [3.8, 4) is 10.8 Å². The van der Waals surface area contributed by atoms with Gasteiger partial charge in [-0.05, 0) is 48.5 Å². The van der Waals surface area contributed by atoms with E-state index in [9.17, 15) is 0 Å². The van der Waals surface area contributed by atoms with Crippen LogP contribution in [0.15, 0.2) is 57.5 Å². The maximum Gasteiger partial charge on any atom is 0.236 e. The second kappa shape index (κ2) is 10.4. The lowest BCUT2D eigenvalue weighted by atomic mass is 10.1. The number of hydrogen-bond acceptors (Lipinski definition) is 5. The Hall–Kier alpha value is -2.64. The van der Waals surface area contributed by atoms with Crippen molar-refractivity contribution in [2.75, 3.05) is 20.1 Å². The summed E-state index contributed by atoms with van der Waals surface area (Å²) in [5.74, 6) is 1.41. The molecule has 0 atom stereocenters. The molecule has 0 bridgehead atoms. The Labute approximate surface area is 182 Å². The summed E-state index contributed by atoms with van der Waals surface area (Å²) in [5.41, 5.74) is 3.47. The molecule has 30 heavy (non-hydrogen) atoms. The summed E-state index contributed by atoms with van der Waals surface area (Å²) in [6.07, 6.45) is 5.73. The number of thiophene rings is 1. The molecule has 1 fully saturated rings. The van der Waals surface area contributed by atoms with Gasteiger partial charge in [-0.1, -0.05) is 36.8 Å². The van der Waals surface area contributed by atoms with Gasteiger partial charge in [0.25, 0.3) is 0 Å². The van der Waals surface area contributed by atoms with E-state index in [1.165, 1.54) is 43.5 Å². The van der Waals surface area contributed by atoms with Gasteiger partial charge in [0.2, 0.25) is 5.89 Å². The first-order valence-electron chi connectivity index (χ1n) is 10.5. The molecule has 2 aromatic heterocycles. The molecule has 158 valence electrons. The molecule has 0 aliphatic carbocycles. The van der Waals surface area contributed by atoms with E-state index in [-0.39, 0.29) is 0 Å². The fourth-order valence-corrected chi connectivity index (χ4v) is 4.28. The number of nitrogens with one attached hydrogen (secondary N) is 2. The number of aliphatic imine (C=N–C) groups is 1.